The van der Waals surface area contributed by atoms with E-state index in [1.807, 2.05) is 24.3 Å². The zero-order valence-corrected chi connectivity index (χ0v) is 28.5. The standard InChI is InChI=1S/C50H30O3/c1-5-17-37-33(13-1)34-14-2-6-18-38(34)49(37)41-21-9-11-23-45(41)52-47-29-31(25-27-43(47)49)51-32-26-28-44-48(30-32)53-46-24-12-10-22-42(46)50(44)39-19-7-3-15-35(39)36-16-4-8-20-40(36)50/h1-30H. The summed E-state index contributed by atoms with van der Waals surface area (Å²) in [6.07, 6.45) is 0. The topological polar surface area (TPSA) is 27.7 Å². The third kappa shape index (κ3) is 3.59. The number of hydrogen-bond acceptors (Lipinski definition) is 3. The molecular formula is C50H30O3. The molecule has 0 amide bonds. The van der Waals surface area contributed by atoms with E-state index in [9.17, 15) is 0 Å². The molecule has 2 heterocycles. The molecule has 0 atom stereocenters. The molecule has 0 bridgehead atoms. The first-order valence-electron chi connectivity index (χ1n) is 18.2. The highest BCUT2D eigenvalue weighted by Gasteiger charge is 2.52. The van der Waals surface area contributed by atoms with E-state index < -0.39 is 10.8 Å². The highest BCUT2D eigenvalue weighted by atomic mass is 16.5. The summed E-state index contributed by atoms with van der Waals surface area (Å²) >= 11 is 0. The van der Waals surface area contributed by atoms with Gasteiger partial charge in [-0.25, -0.2) is 0 Å². The first-order chi connectivity index (χ1) is 26.3. The Balaban J connectivity index is 0.998. The Morgan fingerprint density at radius 3 is 0.962 bits per heavy atom. The molecular weight excluding hydrogens is 649 g/mol. The molecule has 0 N–H and O–H groups in total. The molecule has 0 unspecified atom stereocenters. The van der Waals surface area contributed by atoms with Gasteiger partial charge in [0.15, 0.2) is 0 Å². The molecule has 0 fully saturated rings. The van der Waals surface area contributed by atoms with Crippen molar-refractivity contribution < 1.29 is 14.2 Å². The fourth-order valence-corrected chi connectivity index (χ4v) is 9.95. The van der Waals surface area contributed by atoms with Crippen molar-refractivity contribution >= 4 is 0 Å². The van der Waals surface area contributed by atoms with E-state index in [1.165, 1.54) is 44.5 Å². The Morgan fingerprint density at radius 1 is 0.283 bits per heavy atom. The summed E-state index contributed by atoms with van der Waals surface area (Å²) in [5.41, 5.74) is 13.6. The highest BCUT2D eigenvalue weighted by Crippen LogP contribution is 2.64. The summed E-state index contributed by atoms with van der Waals surface area (Å²) in [7, 11) is 0. The lowest BCUT2D eigenvalue weighted by Crippen LogP contribution is -2.32. The Hall–Kier alpha value is -6.84. The molecule has 4 aliphatic rings. The minimum absolute atomic E-state index is 0.509. The molecule has 8 aromatic carbocycles. The molecule has 3 heteroatoms. The van der Waals surface area contributed by atoms with Crippen molar-refractivity contribution in [3.05, 3.63) is 226 Å². The molecule has 248 valence electrons. The van der Waals surface area contributed by atoms with Crippen LogP contribution in [0.25, 0.3) is 22.3 Å². The molecule has 0 saturated heterocycles. The second kappa shape index (κ2) is 10.4. The van der Waals surface area contributed by atoms with Crippen molar-refractivity contribution in [3.8, 4) is 56.8 Å². The number of hydrogen-bond donors (Lipinski definition) is 0. The lowest BCUT2D eigenvalue weighted by atomic mass is 9.66. The zero-order chi connectivity index (χ0) is 34.7. The van der Waals surface area contributed by atoms with Gasteiger partial charge in [-0.1, -0.05) is 146 Å². The van der Waals surface area contributed by atoms with Crippen molar-refractivity contribution in [1.29, 1.82) is 0 Å². The van der Waals surface area contributed by atoms with Crippen molar-refractivity contribution in [1.82, 2.24) is 0 Å². The van der Waals surface area contributed by atoms with Gasteiger partial charge in [-0.15, -0.1) is 0 Å². The van der Waals surface area contributed by atoms with E-state index in [0.29, 0.717) is 11.5 Å². The number of para-hydroxylation sites is 2. The molecule has 12 rings (SSSR count). The maximum absolute atomic E-state index is 6.73. The maximum atomic E-state index is 6.73. The summed E-state index contributed by atoms with van der Waals surface area (Å²) in [6, 6.07) is 64.6. The van der Waals surface area contributed by atoms with Gasteiger partial charge in [-0.2, -0.15) is 0 Å². The van der Waals surface area contributed by atoms with Gasteiger partial charge in [-0.3, -0.25) is 0 Å². The van der Waals surface area contributed by atoms with Crippen LogP contribution >= 0.6 is 0 Å². The first kappa shape index (κ1) is 28.8. The van der Waals surface area contributed by atoms with Crippen LogP contribution in [0.1, 0.15) is 44.5 Å². The minimum atomic E-state index is -0.509. The van der Waals surface area contributed by atoms with Gasteiger partial charge >= 0.3 is 0 Å². The summed E-state index contributed by atoms with van der Waals surface area (Å²) < 4.78 is 20.2. The Labute approximate surface area is 307 Å². The quantitative estimate of drug-likeness (QED) is 0.182. The third-order valence-corrected chi connectivity index (χ3v) is 11.9. The fraction of sp³-hybridized carbons (Fsp3) is 0.0400. The Kier molecular flexibility index (Phi) is 5.64. The maximum Gasteiger partial charge on any atom is 0.135 e. The smallest absolute Gasteiger partial charge is 0.135 e. The van der Waals surface area contributed by atoms with E-state index in [4.69, 9.17) is 14.2 Å². The van der Waals surface area contributed by atoms with Gasteiger partial charge in [-0.05, 0) is 68.8 Å². The predicted molar refractivity (Wildman–Crippen MR) is 208 cm³/mol. The normalized spacial score (nSPS) is 15.0. The van der Waals surface area contributed by atoms with Gasteiger partial charge in [0.05, 0.1) is 10.8 Å². The van der Waals surface area contributed by atoms with Crippen LogP contribution in [0, 0.1) is 0 Å². The molecule has 0 aromatic heterocycles. The van der Waals surface area contributed by atoms with Crippen molar-refractivity contribution in [3.63, 3.8) is 0 Å². The zero-order valence-electron chi connectivity index (χ0n) is 28.5. The fourth-order valence-electron chi connectivity index (χ4n) is 9.95. The van der Waals surface area contributed by atoms with E-state index >= 15 is 0 Å². The van der Waals surface area contributed by atoms with E-state index in [1.54, 1.807) is 0 Å². The largest absolute Gasteiger partial charge is 0.457 e. The van der Waals surface area contributed by atoms with Gasteiger partial charge in [0.25, 0.3) is 0 Å². The van der Waals surface area contributed by atoms with Crippen molar-refractivity contribution in [2.75, 3.05) is 0 Å². The monoisotopic (exact) mass is 678 g/mol. The molecule has 3 nitrogen and oxygen atoms in total. The van der Waals surface area contributed by atoms with Crippen LogP contribution < -0.4 is 14.2 Å². The molecule has 0 saturated carbocycles. The van der Waals surface area contributed by atoms with Crippen molar-refractivity contribution in [2.24, 2.45) is 0 Å². The van der Waals surface area contributed by atoms with Crippen LogP contribution in [0.2, 0.25) is 0 Å². The molecule has 2 spiro atoms. The third-order valence-electron chi connectivity index (χ3n) is 11.9. The molecule has 2 aliphatic carbocycles. The van der Waals surface area contributed by atoms with Gasteiger partial charge in [0, 0.05) is 34.4 Å². The first-order valence-corrected chi connectivity index (χ1v) is 18.2. The summed E-state index contributed by atoms with van der Waals surface area (Å²) in [5, 5.41) is 0. The Morgan fingerprint density at radius 2 is 0.585 bits per heavy atom. The van der Waals surface area contributed by atoms with Crippen LogP contribution in [0.5, 0.6) is 34.5 Å². The predicted octanol–water partition coefficient (Wildman–Crippen LogP) is 12.4. The molecule has 8 aromatic rings. The van der Waals surface area contributed by atoms with E-state index in [2.05, 4.69) is 158 Å². The Bertz CT molecular complexity index is 2560. The number of rotatable bonds is 2. The number of benzene rings is 8. The minimum Gasteiger partial charge on any atom is -0.457 e. The molecule has 2 aliphatic heterocycles. The van der Waals surface area contributed by atoms with E-state index in [0.717, 1.165) is 45.3 Å². The number of ether oxygens (including phenoxy) is 3. The SMILES string of the molecule is c1ccc2c(c1)Oc1cc(Oc3ccc4c(c3)Oc3ccccc3C43c4ccccc4-c4ccccc43)ccc1C21c2ccccc2-c2ccccc21. The summed E-state index contributed by atoms with van der Waals surface area (Å²) in [6.45, 7) is 0. The van der Waals surface area contributed by atoms with E-state index in [-0.39, 0.29) is 0 Å². The number of fused-ring (bicyclic) bond motifs is 18. The highest BCUT2D eigenvalue weighted by molar-refractivity contribution is 5.90. The average molecular weight is 679 g/mol. The van der Waals surface area contributed by atoms with Gasteiger partial charge in [0.1, 0.15) is 34.5 Å². The summed E-state index contributed by atoms with van der Waals surface area (Å²) in [5.74, 6) is 4.67. The van der Waals surface area contributed by atoms with Crippen LogP contribution in [-0.4, -0.2) is 0 Å². The molecule has 53 heavy (non-hydrogen) atoms. The lowest BCUT2D eigenvalue weighted by Gasteiger charge is -2.39. The van der Waals surface area contributed by atoms with Gasteiger partial charge in [0.2, 0.25) is 0 Å². The van der Waals surface area contributed by atoms with Crippen LogP contribution in [0.3, 0.4) is 0 Å². The lowest BCUT2D eigenvalue weighted by molar-refractivity contribution is 0.420. The average Bonchev–Trinajstić information content (AvgIpc) is 3.67. The van der Waals surface area contributed by atoms with Crippen LogP contribution in [-0.2, 0) is 10.8 Å². The van der Waals surface area contributed by atoms with Gasteiger partial charge < -0.3 is 14.2 Å². The second-order valence-electron chi connectivity index (χ2n) is 14.3. The summed E-state index contributed by atoms with van der Waals surface area (Å²) in [4.78, 5) is 0. The van der Waals surface area contributed by atoms with Crippen LogP contribution in [0.4, 0.5) is 0 Å². The molecule has 0 radical (unpaired) electrons. The second-order valence-corrected chi connectivity index (χ2v) is 14.3. The van der Waals surface area contributed by atoms with Crippen LogP contribution in [0.15, 0.2) is 182 Å². The van der Waals surface area contributed by atoms with Crippen molar-refractivity contribution in [2.45, 2.75) is 10.8 Å².